The lowest BCUT2D eigenvalue weighted by atomic mass is 10.1. The van der Waals surface area contributed by atoms with Crippen molar-refractivity contribution >= 4 is 23.3 Å². The highest BCUT2D eigenvalue weighted by Gasteiger charge is 2.20. The molecule has 0 aliphatic carbocycles. The van der Waals surface area contributed by atoms with E-state index in [4.69, 9.17) is 16.3 Å². The molecule has 26 heavy (non-hydrogen) atoms. The molecule has 1 aliphatic heterocycles. The predicted molar refractivity (Wildman–Crippen MR) is 101 cm³/mol. The fourth-order valence-electron chi connectivity index (χ4n) is 2.81. The number of anilines is 1. The largest absolute Gasteiger partial charge is 0.391 e. The summed E-state index contributed by atoms with van der Waals surface area (Å²) in [5, 5.41) is 13.6. The highest BCUT2D eigenvalue weighted by Crippen LogP contribution is 2.21. The quantitative estimate of drug-likeness (QED) is 0.809. The Morgan fingerprint density at radius 2 is 2.04 bits per heavy atom. The third-order valence-electron chi connectivity index (χ3n) is 4.21. The van der Waals surface area contributed by atoms with Crippen molar-refractivity contribution in [1.29, 1.82) is 0 Å². The summed E-state index contributed by atoms with van der Waals surface area (Å²) in [6.45, 7) is 2.56. The van der Waals surface area contributed by atoms with Crippen LogP contribution in [-0.4, -0.2) is 59.8 Å². The van der Waals surface area contributed by atoms with Gasteiger partial charge in [-0.2, -0.15) is 0 Å². The van der Waals surface area contributed by atoms with Crippen LogP contribution in [0.5, 0.6) is 0 Å². The number of aliphatic hydroxyl groups is 1. The molecule has 0 bridgehead atoms. The van der Waals surface area contributed by atoms with Crippen molar-refractivity contribution in [2.75, 3.05) is 38.2 Å². The third-order valence-corrected chi connectivity index (χ3v) is 4.49. The zero-order valence-electron chi connectivity index (χ0n) is 14.4. The number of amides is 1. The number of morpholine rings is 1. The lowest BCUT2D eigenvalue weighted by Crippen LogP contribution is -2.40. The summed E-state index contributed by atoms with van der Waals surface area (Å²) in [5.41, 5.74) is 1.51. The standard InChI is InChI=1S/C19H22ClN3O3/c20-17-11-15(19(25)23-6-8-26-9-7-23)12-21-18(17)22-13-16(24)10-14-4-2-1-3-5-14/h1-5,11-12,16,24H,6-10,13H2,(H,21,22). The molecule has 0 spiro atoms. The van der Waals surface area contributed by atoms with Crippen molar-refractivity contribution in [1.82, 2.24) is 9.88 Å². The Hall–Kier alpha value is -2.15. The van der Waals surface area contributed by atoms with Gasteiger partial charge in [0.25, 0.3) is 5.91 Å². The average molecular weight is 376 g/mol. The SMILES string of the molecule is O=C(c1cnc(NCC(O)Cc2ccccc2)c(Cl)c1)N1CCOCC1. The van der Waals surface area contributed by atoms with Crippen molar-refractivity contribution in [3.8, 4) is 0 Å². The van der Waals surface area contributed by atoms with Crippen LogP contribution in [0.4, 0.5) is 5.82 Å². The van der Waals surface area contributed by atoms with E-state index >= 15 is 0 Å². The molecule has 1 atom stereocenters. The molecule has 2 N–H and O–H groups in total. The molecule has 1 saturated heterocycles. The molecule has 6 nitrogen and oxygen atoms in total. The first-order valence-electron chi connectivity index (χ1n) is 8.62. The lowest BCUT2D eigenvalue weighted by molar-refractivity contribution is 0.0302. The van der Waals surface area contributed by atoms with Gasteiger partial charge < -0.3 is 20.1 Å². The van der Waals surface area contributed by atoms with E-state index in [1.807, 2.05) is 30.3 Å². The molecule has 1 aromatic carbocycles. The van der Waals surface area contributed by atoms with Crippen LogP contribution in [0.25, 0.3) is 0 Å². The number of ether oxygens (including phenoxy) is 1. The van der Waals surface area contributed by atoms with E-state index in [1.54, 1.807) is 11.0 Å². The first-order chi connectivity index (χ1) is 12.6. The second-order valence-electron chi connectivity index (χ2n) is 6.18. The van der Waals surface area contributed by atoms with E-state index in [-0.39, 0.29) is 5.91 Å². The van der Waals surface area contributed by atoms with Gasteiger partial charge in [0.2, 0.25) is 0 Å². The molecule has 1 fully saturated rings. The molecule has 0 radical (unpaired) electrons. The maximum absolute atomic E-state index is 12.4. The molecule has 3 rings (SSSR count). The van der Waals surface area contributed by atoms with Gasteiger partial charge >= 0.3 is 0 Å². The normalized spacial score (nSPS) is 15.5. The zero-order valence-corrected chi connectivity index (χ0v) is 15.2. The number of pyridine rings is 1. The smallest absolute Gasteiger partial charge is 0.255 e. The maximum Gasteiger partial charge on any atom is 0.255 e. The molecule has 2 heterocycles. The molecular formula is C19H22ClN3O3. The Balaban J connectivity index is 1.56. The summed E-state index contributed by atoms with van der Waals surface area (Å²) in [6.07, 6.45) is 1.49. The number of benzene rings is 1. The molecular weight excluding hydrogens is 354 g/mol. The van der Waals surface area contributed by atoms with E-state index in [2.05, 4.69) is 10.3 Å². The summed E-state index contributed by atoms with van der Waals surface area (Å²) in [4.78, 5) is 18.4. The van der Waals surface area contributed by atoms with E-state index in [0.29, 0.717) is 55.7 Å². The number of carbonyl (C=O) groups excluding carboxylic acids is 1. The number of hydrogen-bond donors (Lipinski definition) is 2. The van der Waals surface area contributed by atoms with Crippen molar-refractivity contribution in [2.24, 2.45) is 0 Å². The molecule has 138 valence electrons. The fraction of sp³-hybridized carbons (Fsp3) is 0.368. The summed E-state index contributed by atoms with van der Waals surface area (Å²) in [6, 6.07) is 11.4. The van der Waals surface area contributed by atoms with Gasteiger partial charge in [-0.1, -0.05) is 41.9 Å². The number of nitrogens with one attached hydrogen (secondary N) is 1. The second-order valence-corrected chi connectivity index (χ2v) is 6.59. The minimum Gasteiger partial charge on any atom is -0.391 e. The zero-order chi connectivity index (χ0) is 18.4. The first kappa shape index (κ1) is 18.6. The average Bonchev–Trinajstić information content (AvgIpc) is 2.68. The molecule has 1 aliphatic rings. The molecule has 1 amide bonds. The van der Waals surface area contributed by atoms with Gasteiger partial charge in [-0.15, -0.1) is 0 Å². The number of halogens is 1. The van der Waals surface area contributed by atoms with E-state index in [1.165, 1.54) is 6.20 Å². The van der Waals surface area contributed by atoms with E-state index in [9.17, 15) is 9.90 Å². The highest BCUT2D eigenvalue weighted by molar-refractivity contribution is 6.33. The molecule has 1 aromatic heterocycles. The lowest BCUT2D eigenvalue weighted by Gasteiger charge is -2.26. The molecule has 2 aromatic rings. The van der Waals surface area contributed by atoms with Gasteiger partial charge in [0.1, 0.15) is 5.82 Å². The van der Waals surface area contributed by atoms with Crippen molar-refractivity contribution in [3.63, 3.8) is 0 Å². The van der Waals surface area contributed by atoms with Crippen molar-refractivity contribution in [3.05, 3.63) is 58.7 Å². The van der Waals surface area contributed by atoms with Gasteiger partial charge in [0, 0.05) is 32.3 Å². The van der Waals surface area contributed by atoms with Crippen LogP contribution in [0.3, 0.4) is 0 Å². The molecule has 1 unspecified atom stereocenters. The number of hydrogen-bond acceptors (Lipinski definition) is 5. The number of aromatic nitrogens is 1. The van der Waals surface area contributed by atoms with Gasteiger partial charge in [0.15, 0.2) is 0 Å². The maximum atomic E-state index is 12.4. The Kier molecular flexibility index (Phi) is 6.44. The van der Waals surface area contributed by atoms with Crippen LogP contribution >= 0.6 is 11.6 Å². The van der Waals surface area contributed by atoms with Crippen molar-refractivity contribution in [2.45, 2.75) is 12.5 Å². The molecule has 7 heteroatoms. The van der Waals surface area contributed by atoms with Gasteiger partial charge in [-0.3, -0.25) is 4.79 Å². The number of nitrogens with zero attached hydrogens (tertiary/aromatic N) is 2. The van der Waals surface area contributed by atoms with Crippen LogP contribution in [-0.2, 0) is 11.2 Å². The van der Waals surface area contributed by atoms with Crippen molar-refractivity contribution < 1.29 is 14.6 Å². The number of rotatable bonds is 6. The van der Waals surface area contributed by atoms with Crippen LogP contribution in [0.1, 0.15) is 15.9 Å². The summed E-state index contributed by atoms with van der Waals surface area (Å²) >= 11 is 6.25. The highest BCUT2D eigenvalue weighted by atomic mass is 35.5. The minimum absolute atomic E-state index is 0.0987. The number of aliphatic hydroxyl groups excluding tert-OH is 1. The third kappa shape index (κ3) is 4.94. The van der Waals surface area contributed by atoms with Crippen LogP contribution in [0, 0.1) is 0 Å². The van der Waals surface area contributed by atoms with Crippen LogP contribution < -0.4 is 5.32 Å². The van der Waals surface area contributed by atoms with Crippen LogP contribution in [0.2, 0.25) is 5.02 Å². The van der Waals surface area contributed by atoms with Crippen LogP contribution in [0.15, 0.2) is 42.6 Å². The second kappa shape index (κ2) is 8.98. The Morgan fingerprint density at radius 3 is 2.73 bits per heavy atom. The van der Waals surface area contributed by atoms with Gasteiger partial charge in [0.05, 0.1) is 29.9 Å². The monoisotopic (exact) mass is 375 g/mol. The predicted octanol–water partition coefficient (Wildman–Crippen LogP) is 2.22. The van der Waals surface area contributed by atoms with Gasteiger partial charge in [-0.25, -0.2) is 4.98 Å². The summed E-state index contributed by atoms with van der Waals surface area (Å²) in [5.74, 6) is 0.357. The minimum atomic E-state index is -0.565. The summed E-state index contributed by atoms with van der Waals surface area (Å²) in [7, 11) is 0. The fourth-order valence-corrected chi connectivity index (χ4v) is 3.04. The topological polar surface area (TPSA) is 74.7 Å². The Morgan fingerprint density at radius 1 is 1.31 bits per heavy atom. The number of carbonyl (C=O) groups is 1. The molecule has 0 saturated carbocycles. The van der Waals surface area contributed by atoms with Gasteiger partial charge in [-0.05, 0) is 11.6 Å². The first-order valence-corrected chi connectivity index (χ1v) is 8.99. The van der Waals surface area contributed by atoms with E-state index < -0.39 is 6.10 Å². The Labute approximate surface area is 157 Å². The summed E-state index contributed by atoms with van der Waals surface area (Å²) < 4.78 is 5.26. The Bertz CT molecular complexity index is 736. The van der Waals surface area contributed by atoms with E-state index in [0.717, 1.165) is 5.56 Å².